The van der Waals surface area contributed by atoms with Crippen molar-refractivity contribution in [2.24, 2.45) is 5.92 Å². The summed E-state index contributed by atoms with van der Waals surface area (Å²) in [5.41, 5.74) is 0.130. The van der Waals surface area contributed by atoms with Crippen molar-refractivity contribution in [3.63, 3.8) is 0 Å². The van der Waals surface area contributed by atoms with Crippen LogP contribution in [0.5, 0.6) is 5.88 Å². The van der Waals surface area contributed by atoms with E-state index in [2.05, 4.69) is 23.8 Å². The summed E-state index contributed by atoms with van der Waals surface area (Å²) in [5, 5.41) is 9.74. The molecule has 0 aliphatic rings. The van der Waals surface area contributed by atoms with E-state index in [-0.39, 0.29) is 17.2 Å². The molecule has 0 amide bonds. The molecule has 0 aliphatic heterocycles. The molecular weight excluding hydrogens is 218 g/mol. The average Bonchev–Trinajstić information content (AvgIpc) is 2.28. The molecule has 2 aromatic heterocycles. The van der Waals surface area contributed by atoms with E-state index in [0.717, 1.165) is 6.42 Å². The first kappa shape index (κ1) is 11.6. The van der Waals surface area contributed by atoms with Crippen molar-refractivity contribution in [2.75, 3.05) is 0 Å². The fourth-order valence-electron chi connectivity index (χ4n) is 1.66. The molecule has 90 valence electrons. The molecule has 0 aliphatic carbocycles. The number of hydrogen-bond donors (Lipinski definition) is 1. The van der Waals surface area contributed by atoms with Gasteiger partial charge in [-0.15, -0.1) is 0 Å². The highest BCUT2D eigenvalue weighted by molar-refractivity contribution is 5.35. The molecule has 0 radical (unpaired) electrons. The van der Waals surface area contributed by atoms with Gasteiger partial charge >= 0.3 is 0 Å². The maximum Gasteiger partial charge on any atom is 0.266 e. The SMILES string of the molecule is CC(C)CCc1c(O)nc2ncccn2c1=O. The van der Waals surface area contributed by atoms with E-state index < -0.39 is 0 Å². The summed E-state index contributed by atoms with van der Waals surface area (Å²) in [6.07, 6.45) is 4.52. The molecule has 2 aromatic rings. The Morgan fingerprint density at radius 2 is 2.24 bits per heavy atom. The molecule has 2 rings (SSSR count). The summed E-state index contributed by atoms with van der Waals surface area (Å²) in [6, 6.07) is 1.67. The summed E-state index contributed by atoms with van der Waals surface area (Å²) < 4.78 is 1.36. The molecular formula is C12H15N3O2. The van der Waals surface area contributed by atoms with Crippen molar-refractivity contribution in [1.29, 1.82) is 0 Å². The Morgan fingerprint density at radius 1 is 1.47 bits per heavy atom. The van der Waals surface area contributed by atoms with E-state index in [4.69, 9.17) is 0 Å². The number of aromatic nitrogens is 3. The summed E-state index contributed by atoms with van der Waals surface area (Å²) in [5.74, 6) is 0.501. The van der Waals surface area contributed by atoms with Crippen LogP contribution in [-0.4, -0.2) is 19.5 Å². The van der Waals surface area contributed by atoms with E-state index in [1.54, 1.807) is 12.3 Å². The number of nitrogens with zero attached hydrogens (tertiary/aromatic N) is 3. The van der Waals surface area contributed by atoms with Gasteiger partial charge < -0.3 is 5.11 Å². The zero-order valence-corrected chi connectivity index (χ0v) is 9.92. The van der Waals surface area contributed by atoms with E-state index in [0.29, 0.717) is 17.9 Å². The molecule has 1 N–H and O–H groups in total. The summed E-state index contributed by atoms with van der Waals surface area (Å²) >= 11 is 0. The normalized spacial score (nSPS) is 11.2. The van der Waals surface area contributed by atoms with E-state index in [9.17, 15) is 9.90 Å². The van der Waals surface area contributed by atoms with Gasteiger partial charge in [-0.25, -0.2) is 4.98 Å². The van der Waals surface area contributed by atoms with Crippen LogP contribution in [-0.2, 0) is 6.42 Å². The molecule has 0 saturated carbocycles. The zero-order chi connectivity index (χ0) is 12.4. The second-order valence-corrected chi connectivity index (χ2v) is 4.44. The average molecular weight is 233 g/mol. The van der Waals surface area contributed by atoms with Crippen LogP contribution >= 0.6 is 0 Å². The first-order valence-electron chi connectivity index (χ1n) is 5.65. The van der Waals surface area contributed by atoms with Gasteiger partial charge in [-0.2, -0.15) is 4.98 Å². The van der Waals surface area contributed by atoms with E-state index in [1.807, 2.05) is 0 Å². The van der Waals surface area contributed by atoms with E-state index >= 15 is 0 Å². The summed E-state index contributed by atoms with van der Waals surface area (Å²) in [6.45, 7) is 4.15. The molecule has 0 fully saturated rings. The van der Waals surface area contributed by atoms with Gasteiger partial charge in [-0.3, -0.25) is 9.20 Å². The fraction of sp³-hybridized carbons (Fsp3) is 0.417. The molecule has 0 saturated heterocycles. The Labute approximate surface area is 98.8 Å². The van der Waals surface area contributed by atoms with Crippen molar-refractivity contribution in [2.45, 2.75) is 26.7 Å². The Hall–Kier alpha value is -1.91. The highest BCUT2D eigenvalue weighted by Crippen LogP contribution is 2.14. The highest BCUT2D eigenvalue weighted by Gasteiger charge is 2.12. The van der Waals surface area contributed by atoms with Gasteiger partial charge in [0.15, 0.2) is 0 Å². The van der Waals surface area contributed by atoms with Crippen LogP contribution in [0.4, 0.5) is 0 Å². The topological polar surface area (TPSA) is 67.5 Å². The van der Waals surface area contributed by atoms with Gasteiger partial charge in [0.05, 0.1) is 5.56 Å². The second kappa shape index (κ2) is 4.53. The van der Waals surface area contributed by atoms with Crippen molar-refractivity contribution in [3.8, 4) is 5.88 Å². The maximum atomic E-state index is 12.1. The lowest BCUT2D eigenvalue weighted by atomic mass is 10.0. The third-order valence-corrected chi connectivity index (χ3v) is 2.65. The van der Waals surface area contributed by atoms with Crippen molar-refractivity contribution >= 4 is 5.78 Å². The molecule has 0 atom stereocenters. The number of fused-ring (bicyclic) bond motifs is 1. The van der Waals surface area contributed by atoms with Crippen LogP contribution in [0.1, 0.15) is 25.8 Å². The molecule has 0 bridgehead atoms. The predicted octanol–water partition coefficient (Wildman–Crippen LogP) is 1.38. The highest BCUT2D eigenvalue weighted by atomic mass is 16.3. The standard InChI is InChI=1S/C12H15N3O2/c1-8(2)4-5-9-10(16)14-12-13-6-3-7-15(12)11(9)17/h3,6-8,16H,4-5H2,1-2H3. The largest absolute Gasteiger partial charge is 0.493 e. The van der Waals surface area contributed by atoms with Gasteiger partial charge in [0.2, 0.25) is 11.7 Å². The van der Waals surface area contributed by atoms with Gasteiger partial charge in [0.1, 0.15) is 0 Å². The lowest BCUT2D eigenvalue weighted by Crippen LogP contribution is -2.20. The zero-order valence-electron chi connectivity index (χ0n) is 9.92. The molecule has 5 nitrogen and oxygen atoms in total. The Bertz CT molecular complexity index is 590. The molecule has 17 heavy (non-hydrogen) atoms. The third-order valence-electron chi connectivity index (χ3n) is 2.65. The van der Waals surface area contributed by atoms with Crippen LogP contribution in [0.15, 0.2) is 23.3 Å². The second-order valence-electron chi connectivity index (χ2n) is 4.44. The minimum absolute atomic E-state index is 0.200. The Morgan fingerprint density at radius 3 is 2.94 bits per heavy atom. The molecule has 0 aromatic carbocycles. The number of rotatable bonds is 3. The van der Waals surface area contributed by atoms with E-state index in [1.165, 1.54) is 10.6 Å². The quantitative estimate of drug-likeness (QED) is 0.869. The number of aromatic hydroxyl groups is 1. The minimum Gasteiger partial charge on any atom is -0.493 e. The summed E-state index contributed by atoms with van der Waals surface area (Å²) in [7, 11) is 0. The summed E-state index contributed by atoms with van der Waals surface area (Å²) in [4.78, 5) is 19.9. The van der Waals surface area contributed by atoms with Crippen LogP contribution in [0.25, 0.3) is 5.78 Å². The fourth-order valence-corrected chi connectivity index (χ4v) is 1.66. The molecule has 0 unspecified atom stereocenters. The molecule has 0 spiro atoms. The predicted molar refractivity (Wildman–Crippen MR) is 64.1 cm³/mol. The third kappa shape index (κ3) is 2.27. The lowest BCUT2D eigenvalue weighted by molar-refractivity contribution is 0.439. The van der Waals surface area contributed by atoms with Crippen LogP contribution < -0.4 is 5.56 Å². The monoisotopic (exact) mass is 233 g/mol. The van der Waals surface area contributed by atoms with Crippen LogP contribution in [0.2, 0.25) is 0 Å². The Balaban J connectivity index is 2.52. The van der Waals surface area contributed by atoms with Gasteiger partial charge in [-0.1, -0.05) is 13.8 Å². The van der Waals surface area contributed by atoms with Gasteiger partial charge in [0.25, 0.3) is 5.56 Å². The lowest BCUT2D eigenvalue weighted by Gasteiger charge is -2.07. The molecule has 5 heteroatoms. The molecule has 2 heterocycles. The smallest absolute Gasteiger partial charge is 0.266 e. The van der Waals surface area contributed by atoms with Crippen LogP contribution in [0, 0.1) is 5.92 Å². The minimum atomic E-state index is -0.235. The first-order valence-corrected chi connectivity index (χ1v) is 5.65. The van der Waals surface area contributed by atoms with Crippen LogP contribution in [0.3, 0.4) is 0 Å². The number of hydrogen-bond acceptors (Lipinski definition) is 4. The Kier molecular flexibility index (Phi) is 3.08. The van der Waals surface area contributed by atoms with Crippen molar-refractivity contribution in [1.82, 2.24) is 14.4 Å². The van der Waals surface area contributed by atoms with Gasteiger partial charge in [0, 0.05) is 12.4 Å². The maximum absolute atomic E-state index is 12.1. The van der Waals surface area contributed by atoms with Crippen molar-refractivity contribution in [3.05, 3.63) is 34.4 Å². The van der Waals surface area contributed by atoms with Gasteiger partial charge in [-0.05, 0) is 24.8 Å². The first-order chi connectivity index (χ1) is 8.09. The van der Waals surface area contributed by atoms with Crippen molar-refractivity contribution < 1.29 is 5.11 Å².